The zero-order valence-corrected chi connectivity index (χ0v) is 10.5. The van der Waals surface area contributed by atoms with Crippen LogP contribution >= 0.6 is 0 Å². The van der Waals surface area contributed by atoms with Crippen molar-refractivity contribution in [2.45, 2.75) is 33.2 Å². The van der Waals surface area contributed by atoms with Gasteiger partial charge >= 0.3 is 0 Å². The number of hydrogen-bond acceptors (Lipinski definition) is 3. The lowest BCUT2D eigenvalue weighted by molar-refractivity contribution is 0.0186. The van der Waals surface area contributed by atoms with E-state index in [1.54, 1.807) is 0 Å². The Morgan fingerprint density at radius 3 is 2.33 bits per heavy atom. The van der Waals surface area contributed by atoms with Crippen LogP contribution in [0.25, 0.3) is 0 Å². The normalized spacial score (nSPS) is 28.6. The molecule has 0 aliphatic carbocycles. The maximum absolute atomic E-state index is 5.36. The van der Waals surface area contributed by atoms with Gasteiger partial charge in [0.15, 0.2) is 0 Å². The third-order valence-corrected chi connectivity index (χ3v) is 3.26. The van der Waals surface area contributed by atoms with E-state index in [2.05, 4.69) is 16.7 Å². The molecule has 15 heavy (non-hydrogen) atoms. The van der Waals surface area contributed by atoms with Crippen LogP contribution in [0.1, 0.15) is 27.2 Å². The highest BCUT2D eigenvalue weighted by atomic mass is 16.5. The molecule has 2 fully saturated rings. The number of rotatable bonds is 2. The highest BCUT2D eigenvalue weighted by molar-refractivity contribution is 4.83. The molecule has 0 aromatic rings. The molecule has 0 bridgehead atoms. The molecule has 2 heterocycles. The van der Waals surface area contributed by atoms with Gasteiger partial charge in [0.25, 0.3) is 0 Å². The van der Waals surface area contributed by atoms with E-state index >= 15 is 0 Å². The van der Waals surface area contributed by atoms with Gasteiger partial charge in [-0.25, -0.2) is 0 Å². The average molecular weight is 214 g/mol. The fraction of sp³-hybridized carbons (Fsp3) is 1.00. The third kappa shape index (κ3) is 3.74. The molecule has 2 saturated heterocycles. The first-order chi connectivity index (χ1) is 7.40. The zero-order chi connectivity index (χ0) is 11.1. The summed E-state index contributed by atoms with van der Waals surface area (Å²) in [5.41, 5.74) is 0. The van der Waals surface area contributed by atoms with Gasteiger partial charge in [0, 0.05) is 25.7 Å². The molecule has 0 aromatic heterocycles. The first-order valence-electron chi connectivity index (χ1n) is 6.44. The molecule has 0 spiro atoms. The predicted molar refractivity (Wildman–Crippen MR) is 64.3 cm³/mol. The maximum Gasteiger partial charge on any atom is 0.0594 e. The highest BCUT2D eigenvalue weighted by Gasteiger charge is 2.27. The zero-order valence-electron chi connectivity index (χ0n) is 10.5. The van der Waals surface area contributed by atoms with E-state index in [1.807, 2.05) is 13.8 Å². The number of morpholine rings is 1. The Morgan fingerprint density at radius 2 is 1.80 bits per heavy atom. The van der Waals surface area contributed by atoms with Crippen molar-refractivity contribution >= 4 is 0 Å². The molecule has 1 unspecified atom stereocenters. The van der Waals surface area contributed by atoms with Crippen molar-refractivity contribution in [2.24, 2.45) is 0 Å². The number of hydrogen-bond donors (Lipinski definition) is 0. The van der Waals surface area contributed by atoms with Gasteiger partial charge in [-0.05, 0) is 19.5 Å². The van der Waals surface area contributed by atoms with Crippen LogP contribution < -0.4 is 0 Å². The van der Waals surface area contributed by atoms with Crippen LogP contribution in [0.2, 0.25) is 0 Å². The molecule has 0 N–H and O–H groups in total. The maximum atomic E-state index is 5.36. The molecule has 0 radical (unpaired) electrons. The minimum atomic E-state index is 0.809. The van der Waals surface area contributed by atoms with Gasteiger partial charge in [0.1, 0.15) is 0 Å². The molecule has 0 saturated carbocycles. The summed E-state index contributed by atoms with van der Waals surface area (Å²) in [6, 6.07) is 0.809. The molecule has 90 valence electrons. The van der Waals surface area contributed by atoms with Crippen LogP contribution in [0.3, 0.4) is 0 Å². The first kappa shape index (κ1) is 12.9. The van der Waals surface area contributed by atoms with Gasteiger partial charge in [-0.15, -0.1) is 0 Å². The molecule has 0 amide bonds. The van der Waals surface area contributed by atoms with Crippen molar-refractivity contribution < 1.29 is 4.74 Å². The molecule has 2 aliphatic rings. The highest BCUT2D eigenvalue weighted by Crippen LogP contribution is 2.16. The SMILES string of the molecule is CC.CCN1CCC(N2CCOCC2)C1. The van der Waals surface area contributed by atoms with E-state index in [1.165, 1.54) is 26.1 Å². The lowest BCUT2D eigenvalue weighted by atomic mass is 10.2. The van der Waals surface area contributed by atoms with E-state index in [0.29, 0.717) is 0 Å². The Labute approximate surface area is 94.4 Å². The first-order valence-corrected chi connectivity index (χ1v) is 6.44. The van der Waals surface area contributed by atoms with Crippen molar-refractivity contribution in [1.29, 1.82) is 0 Å². The van der Waals surface area contributed by atoms with Crippen molar-refractivity contribution in [2.75, 3.05) is 45.9 Å². The van der Waals surface area contributed by atoms with E-state index in [9.17, 15) is 0 Å². The van der Waals surface area contributed by atoms with E-state index < -0.39 is 0 Å². The van der Waals surface area contributed by atoms with E-state index in [0.717, 1.165) is 32.3 Å². The predicted octanol–water partition coefficient (Wildman–Crippen LogP) is 1.44. The average Bonchev–Trinajstić information content (AvgIpc) is 2.81. The van der Waals surface area contributed by atoms with Gasteiger partial charge in [0.2, 0.25) is 0 Å². The molecule has 3 nitrogen and oxygen atoms in total. The summed E-state index contributed by atoms with van der Waals surface area (Å²) in [5.74, 6) is 0. The Balaban J connectivity index is 0.000000531. The van der Waals surface area contributed by atoms with Crippen LogP contribution in [0, 0.1) is 0 Å². The Morgan fingerprint density at radius 1 is 1.13 bits per heavy atom. The fourth-order valence-electron chi connectivity index (χ4n) is 2.34. The topological polar surface area (TPSA) is 15.7 Å². The van der Waals surface area contributed by atoms with Gasteiger partial charge < -0.3 is 9.64 Å². The van der Waals surface area contributed by atoms with Crippen LogP contribution in [-0.2, 0) is 4.74 Å². The van der Waals surface area contributed by atoms with Crippen LogP contribution in [0.4, 0.5) is 0 Å². The number of nitrogens with zero attached hydrogens (tertiary/aromatic N) is 2. The third-order valence-electron chi connectivity index (χ3n) is 3.26. The minimum absolute atomic E-state index is 0.809. The molecular formula is C12H26N2O. The summed E-state index contributed by atoms with van der Waals surface area (Å²) < 4.78 is 5.36. The summed E-state index contributed by atoms with van der Waals surface area (Å²) in [6.45, 7) is 14.2. The molecule has 1 atom stereocenters. The smallest absolute Gasteiger partial charge is 0.0594 e. The standard InChI is InChI=1S/C10H20N2O.C2H6/c1-2-11-4-3-10(9-11)12-5-7-13-8-6-12;1-2/h10H,2-9H2,1H3;1-2H3. The van der Waals surface area contributed by atoms with Crippen LogP contribution in [0.5, 0.6) is 0 Å². The largest absolute Gasteiger partial charge is 0.379 e. The second-order valence-electron chi connectivity index (χ2n) is 3.98. The molecule has 2 rings (SSSR count). The van der Waals surface area contributed by atoms with Crippen molar-refractivity contribution in [3.05, 3.63) is 0 Å². The van der Waals surface area contributed by atoms with E-state index in [-0.39, 0.29) is 0 Å². The summed E-state index contributed by atoms with van der Waals surface area (Å²) in [6.07, 6.45) is 1.36. The number of likely N-dealkylation sites (N-methyl/N-ethyl adjacent to an activating group) is 1. The quantitative estimate of drug-likeness (QED) is 0.692. The summed E-state index contributed by atoms with van der Waals surface area (Å²) in [7, 11) is 0. The van der Waals surface area contributed by atoms with Crippen molar-refractivity contribution in [3.8, 4) is 0 Å². The van der Waals surface area contributed by atoms with Crippen molar-refractivity contribution in [3.63, 3.8) is 0 Å². The van der Waals surface area contributed by atoms with Crippen LogP contribution in [0.15, 0.2) is 0 Å². The van der Waals surface area contributed by atoms with Gasteiger partial charge in [-0.3, -0.25) is 4.90 Å². The molecule has 0 aromatic carbocycles. The Bertz CT molecular complexity index is 158. The number of likely N-dealkylation sites (tertiary alicyclic amines) is 1. The monoisotopic (exact) mass is 214 g/mol. The summed E-state index contributed by atoms with van der Waals surface area (Å²) >= 11 is 0. The number of ether oxygens (including phenoxy) is 1. The van der Waals surface area contributed by atoms with Gasteiger partial charge in [0.05, 0.1) is 13.2 Å². The van der Waals surface area contributed by atoms with E-state index in [4.69, 9.17) is 4.74 Å². The molecule has 2 aliphatic heterocycles. The van der Waals surface area contributed by atoms with Crippen LogP contribution in [-0.4, -0.2) is 61.8 Å². The van der Waals surface area contributed by atoms with Gasteiger partial charge in [-0.1, -0.05) is 20.8 Å². The summed E-state index contributed by atoms with van der Waals surface area (Å²) in [5, 5.41) is 0. The second kappa shape index (κ2) is 7.20. The molecular weight excluding hydrogens is 188 g/mol. The Kier molecular flexibility index (Phi) is 6.22. The van der Waals surface area contributed by atoms with Crippen molar-refractivity contribution in [1.82, 2.24) is 9.80 Å². The summed E-state index contributed by atoms with van der Waals surface area (Å²) in [4.78, 5) is 5.14. The lowest BCUT2D eigenvalue weighted by Gasteiger charge is -2.32. The minimum Gasteiger partial charge on any atom is -0.379 e. The lowest BCUT2D eigenvalue weighted by Crippen LogP contribution is -2.44. The Hall–Kier alpha value is -0.120. The fourth-order valence-corrected chi connectivity index (χ4v) is 2.34. The molecule has 3 heteroatoms. The van der Waals surface area contributed by atoms with Gasteiger partial charge in [-0.2, -0.15) is 0 Å². The second-order valence-corrected chi connectivity index (χ2v) is 3.98.